The summed E-state index contributed by atoms with van der Waals surface area (Å²) in [4.78, 5) is 21.3. The van der Waals surface area contributed by atoms with Crippen molar-refractivity contribution in [3.05, 3.63) is 27.0 Å². The van der Waals surface area contributed by atoms with Crippen molar-refractivity contribution in [3.8, 4) is 0 Å². The summed E-state index contributed by atoms with van der Waals surface area (Å²) < 4.78 is 1.11. The summed E-state index contributed by atoms with van der Waals surface area (Å²) in [6.45, 7) is 2.15. The van der Waals surface area contributed by atoms with Crippen LogP contribution in [0.5, 0.6) is 0 Å². The van der Waals surface area contributed by atoms with Crippen LogP contribution in [0, 0.1) is 6.33 Å². The zero-order valence-electron chi connectivity index (χ0n) is 5.42. The third kappa shape index (κ3) is 0.975. The maximum atomic E-state index is 10.7. The Morgan fingerprint density at radius 2 is 2.40 bits per heavy atom. The Balaban J connectivity index is 3.43. The largest absolute Gasteiger partial charge is 0.330 e. The summed E-state index contributed by atoms with van der Waals surface area (Å²) in [6.07, 6.45) is 2.33. The van der Waals surface area contributed by atoms with E-state index in [1.165, 1.54) is 0 Å². The minimum Gasteiger partial charge on any atom is -0.284 e. The van der Waals surface area contributed by atoms with Crippen molar-refractivity contribution in [2.75, 3.05) is 0 Å². The normalized spacial score (nSPS) is 9.70. The lowest BCUT2D eigenvalue weighted by Crippen LogP contribution is -2.36. The van der Waals surface area contributed by atoms with Crippen molar-refractivity contribution in [1.82, 2.24) is 14.8 Å². The smallest absolute Gasteiger partial charge is 0.284 e. The highest BCUT2D eigenvalue weighted by atomic mass is 16.2. The van der Waals surface area contributed by atoms with E-state index in [-0.39, 0.29) is 0 Å². The molecule has 5 heteroatoms. The van der Waals surface area contributed by atoms with Gasteiger partial charge >= 0.3 is 11.1 Å². The molecule has 1 rings (SSSR count). The van der Waals surface area contributed by atoms with Crippen LogP contribution in [0.15, 0.2) is 9.59 Å². The van der Waals surface area contributed by atoms with Crippen molar-refractivity contribution in [2.24, 2.45) is 0 Å². The van der Waals surface area contributed by atoms with Crippen molar-refractivity contribution in [3.63, 3.8) is 0 Å². The first-order valence-corrected chi connectivity index (χ1v) is 2.83. The molecule has 0 unspecified atom stereocenters. The molecule has 1 aromatic heterocycles. The first-order chi connectivity index (χ1) is 4.75. The van der Waals surface area contributed by atoms with Crippen LogP contribution >= 0.6 is 0 Å². The predicted octanol–water partition coefficient (Wildman–Crippen LogP) is -1.25. The molecule has 0 aliphatic carbocycles. The summed E-state index contributed by atoms with van der Waals surface area (Å²) in [5.41, 5.74) is -1.32. The average Bonchev–Trinajstić information content (AvgIpc) is 1.95. The molecule has 0 aromatic carbocycles. The van der Waals surface area contributed by atoms with Gasteiger partial charge in [0.2, 0.25) is 6.33 Å². The van der Waals surface area contributed by atoms with Gasteiger partial charge < -0.3 is 0 Å². The fourth-order valence-electron chi connectivity index (χ4n) is 0.566. The van der Waals surface area contributed by atoms with Gasteiger partial charge in [-0.3, -0.25) is 14.2 Å². The first kappa shape index (κ1) is 6.73. The third-order valence-electron chi connectivity index (χ3n) is 1.08. The van der Waals surface area contributed by atoms with E-state index in [0.717, 1.165) is 4.57 Å². The molecule has 5 nitrogen and oxygen atoms in total. The van der Waals surface area contributed by atoms with Crippen LogP contribution in [0.1, 0.15) is 6.92 Å². The van der Waals surface area contributed by atoms with Crippen LogP contribution in [-0.4, -0.2) is 14.8 Å². The number of rotatable bonds is 1. The number of aromatic amines is 1. The van der Waals surface area contributed by atoms with Crippen LogP contribution in [0.2, 0.25) is 0 Å². The van der Waals surface area contributed by atoms with Gasteiger partial charge in [-0.05, 0) is 6.92 Å². The van der Waals surface area contributed by atoms with E-state index in [1.54, 1.807) is 6.92 Å². The first-order valence-electron chi connectivity index (χ1n) is 2.83. The number of aromatic nitrogens is 3. The summed E-state index contributed by atoms with van der Waals surface area (Å²) in [5, 5.41) is 5.30. The molecule has 1 heterocycles. The predicted molar refractivity (Wildman–Crippen MR) is 33.6 cm³/mol. The highest BCUT2D eigenvalue weighted by molar-refractivity contribution is 4.72. The lowest BCUT2D eigenvalue weighted by Gasteiger charge is -1.93. The zero-order valence-corrected chi connectivity index (χ0v) is 5.42. The van der Waals surface area contributed by atoms with Gasteiger partial charge in [0.1, 0.15) is 0 Å². The van der Waals surface area contributed by atoms with Crippen molar-refractivity contribution < 1.29 is 0 Å². The SMILES string of the molecule is CCn1[c]n[nH]c(=O)c1=O. The quantitative estimate of drug-likeness (QED) is 0.495. The number of hydrogen-bond donors (Lipinski definition) is 1. The molecule has 1 radical (unpaired) electrons. The molecule has 0 amide bonds. The van der Waals surface area contributed by atoms with Gasteiger partial charge in [-0.15, -0.1) is 0 Å². The van der Waals surface area contributed by atoms with E-state index in [9.17, 15) is 9.59 Å². The summed E-state index contributed by atoms with van der Waals surface area (Å²) in [7, 11) is 0. The topological polar surface area (TPSA) is 67.8 Å². The molecule has 0 aliphatic heterocycles. The molecule has 0 spiro atoms. The summed E-state index contributed by atoms with van der Waals surface area (Å²) in [5.74, 6) is 0. The fraction of sp³-hybridized carbons (Fsp3) is 0.400. The van der Waals surface area contributed by atoms with Crippen LogP contribution < -0.4 is 11.1 Å². The highest BCUT2D eigenvalue weighted by Crippen LogP contribution is 1.66. The average molecular weight is 140 g/mol. The zero-order chi connectivity index (χ0) is 7.56. The molecular formula is C5H6N3O2. The number of nitrogens with zero attached hydrogens (tertiary/aromatic N) is 2. The molecule has 53 valence electrons. The maximum absolute atomic E-state index is 10.7. The second-order valence-electron chi connectivity index (χ2n) is 1.70. The highest BCUT2D eigenvalue weighted by Gasteiger charge is 1.95. The molecule has 10 heavy (non-hydrogen) atoms. The monoisotopic (exact) mass is 140 g/mol. The summed E-state index contributed by atoms with van der Waals surface area (Å²) in [6, 6.07) is 0. The fourth-order valence-corrected chi connectivity index (χ4v) is 0.566. The third-order valence-corrected chi connectivity index (χ3v) is 1.08. The van der Waals surface area contributed by atoms with Gasteiger partial charge in [-0.25, -0.2) is 5.10 Å². The lowest BCUT2D eigenvalue weighted by atomic mass is 10.7. The van der Waals surface area contributed by atoms with Gasteiger partial charge in [0.05, 0.1) is 0 Å². The molecule has 0 saturated heterocycles. The van der Waals surface area contributed by atoms with E-state index in [4.69, 9.17) is 0 Å². The Morgan fingerprint density at radius 3 is 2.90 bits per heavy atom. The Hall–Kier alpha value is -1.39. The maximum Gasteiger partial charge on any atom is 0.330 e. The van der Waals surface area contributed by atoms with E-state index in [0.29, 0.717) is 6.54 Å². The standard InChI is InChI=1S/C5H6N3O2/c1-2-8-3-6-7-4(9)5(8)10/h2H2,1H3,(H,7,9). The minimum atomic E-state index is -0.708. The second kappa shape index (κ2) is 2.47. The van der Waals surface area contributed by atoms with Crippen LogP contribution in [0.25, 0.3) is 0 Å². The minimum absolute atomic E-state index is 0.412. The van der Waals surface area contributed by atoms with Gasteiger partial charge in [0.15, 0.2) is 0 Å². The Bertz CT molecular complexity index is 324. The molecule has 0 bridgehead atoms. The molecule has 0 aliphatic rings. The molecule has 1 N–H and O–H groups in total. The number of H-pyrrole nitrogens is 1. The lowest BCUT2D eigenvalue weighted by molar-refractivity contribution is 0.661. The second-order valence-corrected chi connectivity index (χ2v) is 1.70. The van der Waals surface area contributed by atoms with E-state index in [1.807, 2.05) is 5.10 Å². The van der Waals surface area contributed by atoms with Crippen molar-refractivity contribution >= 4 is 0 Å². The van der Waals surface area contributed by atoms with Crippen molar-refractivity contribution in [1.29, 1.82) is 0 Å². The Kier molecular flexibility index (Phi) is 1.66. The molecule has 1 aromatic rings. The summed E-state index contributed by atoms with van der Waals surface area (Å²) >= 11 is 0. The van der Waals surface area contributed by atoms with Crippen LogP contribution in [0.4, 0.5) is 0 Å². The van der Waals surface area contributed by atoms with E-state index in [2.05, 4.69) is 11.4 Å². The Labute approximate surface area is 56.3 Å². The van der Waals surface area contributed by atoms with Crippen LogP contribution in [0.3, 0.4) is 0 Å². The number of hydrogen-bond acceptors (Lipinski definition) is 3. The number of aryl methyl sites for hydroxylation is 1. The van der Waals surface area contributed by atoms with Crippen LogP contribution in [-0.2, 0) is 6.54 Å². The van der Waals surface area contributed by atoms with Gasteiger partial charge in [0, 0.05) is 6.54 Å². The Morgan fingerprint density at radius 1 is 1.70 bits per heavy atom. The van der Waals surface area contributed by atoms with Gasteiger partial charge in [-0.2, -0.15) is 5.10 Å². The molecule has 0 atom stereocenters. The van der Waals surface area contributed by atoms with Crippen molar-refractivity contribution in [2.45, 2.75) is 13.5 Å². The van der Waals surface area contributed by atoms with Gasteiger partial charge in [-0.1, -0.05) is 0 Å². The molecular weight excluding hydrogens is 134 g/mol. The number of nitrogens with one attached hydrogen (secondary N) is 1. The molecule has 0 saturated carbocycles. The van der Waals surface area contributed by atoms with E-state index < -0.39 is 11.1 Å². The van der Waals surface area contributed by atoms with E-state index >= 15 is 0 Å². The molecule has 0 fully saturated rings. The van der Waals surface area contributed by atoms with Gasteiger partial charge in [0.25, 0.3) is 0 Å².